The summed E-state index contributed by atoms with van der Waals surface area (Å²) in [5, 5.41) is 15.8. The Morgan fingerprint density at radius 1 is 1.82 bits per heavy atom. The van der Waals surface area contributed by atoms with Crippen molar-refractivity contribution in [2.45, 2.75) is 38.5 Å². The first-order valence-electron chi connectivity index (χ1n) is 5.78. The van der Waals surface area contributed by atoms with Crippen molar-refractivity contribution in [2.24, 2.45) is 0 Å². The van der Waals surface area contributed by atoms with Crippen LogP contribution in [-0.4, -0.2) is 39.6 Å². The average Bonchev–Trinajstić information content (AvgIpc) is 2.91. The molecule has 94 valence electrons. The van der Waals surface area contributed by atoms with Crippen molar-refractivity contribution in [3.8, 4) is 0 Å². The number of hydrogen-bond donors (Lipinski definition) is 2. The van der Waals surface area contributed by atoms with Crippen molar-refractivity contribution in [1.29, 1.82) is 0 Å². The Labute approximate surface area is 99.6 Å². The van der Waals surface area contributed by atoms with E-state index in [1.165, 1.54) is 0 Å². The lowest BCUT2D eigenvalue weighted by atomic mass is 10.2. The van der Waals surface area contributed by atoms with Gasteiger partial charge in [0, 0.05) is 12.8 Å². The van der Waals surface area contributed by atoms with Crippen LogP contribution in [-0.2, 0) is 16.1 Å². The summed E-state index contributed by atoms with van der Waals surface area (Å²) in [5.74, 6) is -0.878. The van der Waals surface area contributed by atoms with E-state index in [0.717, 1.165) is 31.7 Å². The second kappa shape index (κ2) is 5.18. The second-order valence-electron chi connectivity index (χ2n) is 4.29. The summed E-state index contributed by atoms with van der Waals surface area (Å²) >= 11 is 0. The van der Waals surface area contributed by atoms with Crippen LogP contribution in [0.5, 0.6) is 0 Å². The monoisotopic (exact) mass is 239 g/mol. The van der Waals surface area contributed by atoms with E-state index in [4.69, 9.17) is 9.84 Å². The van der Waals surface area contributed by atoms with Gasteiger partial charge in [0.15, 0.2) is 0 Å². The van der Waals surface area contributed by atoms with Gasteiger partial charge in [0.25, 0.3) is 0 Å². The zero-order valence-corrected chi connectivity index (χ0v) is 9.80. The molecule has 6 nitrogen and oxygen atoms in total. The maximum atomic E-state index is 10.7. The lowest BCUT2D eigenvalue weighted by Gasteiger charge is -2.09. The van der Waals surface area contributed by atoms with Gasteiger partial charge >= 0.3 is 5.97 Å². The standard InChI is InChI=1S/C11H17N3O3/c1-8(11(15)16)13-9-5-12-14(6-9)7-10-3-2-4-17-10/h5-6,8,10,13H,2-4,7H2,1H3,(H,15,16). The highest BCUT2D eigenvalue weighted by atomic mass is 16.5. The number of aromatic nitrogens is 2. The smallest absolute Gasteiger partial charge is 0.325 e. The zero-order chi connectivity index (χ0) is 12.3. The van der Waals surface area contributed by atoms with Crippen molar-refractivity contribution in [3.05, 3.63) is 12.4 Å². The summed E-state index contributed by atoms with van der Waals surface area (Å²) in [4.78, 5) is 10.7. The number of nitrogens with one attached hydrogen (secondary N) is 1. The van der Waals surface area contributed by atoms with Crippen LogP contribution in [0, 0.1) is 0 Å². The van der Waals surface area contributed by atoms with E-state index in [2.05, 4.69) is 10.4 Å². The molecule has 1 aliphatic heterocycles. The van der Waals surface area contributed by atoms with Gasteiger partial charge in [0.2, 0.25) is 0 Å². The SMILES string of the molecule is CC(Nc1cnn(CC2CCCO2)c1)C(=O)O. The minimum Gasteiger partial charge on any atom is -0.480 e. The third kappa shape index (κ3) is 3.20. The summed E-state index contributed by atoms with van der Waals surface area (Å²) in [6.07, 6.45) is 5.84. The third-order valence-corrected chi connectivity index (χ3v) is 2.80. The molecule has 17 heavy (non-hydrogen) atoms. The molecule has 2 heterocycles. The predicted octanol–water partition coefficient (Wildman–Crippen LogP) is 0.947. The van der Waals surface area contributed by atoms with Gasteiger partial charge in [0.05, 0.1) is 24.5 Å². The first kappa shape index (κ1) is 11.9. The van der Waals surface area contributed by atoms with Gasteiger partial charge < -0.3 is 15.2 Å². The molecule has 1 aromatic heterocycles. The van der Waals surface area contributed by atoms with Crippen LogP contribution >= 0.6 is 0 Å². The van der Waals surface area contributed by atoms with Gasteiger partial charge in [-0.05, 0) is 19.8 Å². The molecular weight excluding hydrogens is 222 g/mol. The van der Waals surface area contributed by atoms with Gasteiger partial charge in [-0.2, -0.15) is 5.10 Å². The number of ether oxygens (including phenoxy) is 1. The van der Waals surface area contributed by atoms with E-state index in [1.54, 1.807) is 24.0 Å². The van der Waals surface area contributed by atoms with Crippen molar-refractivity contribution < 1.29 is 14.6 Å². The van der Waals surface area contributed by atoms with Crippen LogP contribution in [0.25, 0.3) is 0 Å². The molecule has 0 saturated carbocycles. The molecule has 0 spiro atoms. The zero-order valence-electron chi connectivity index (χ0n) is 9.80. The number of hydrogen-bond acceptors (Lipinski definition) is 4. The summed E-state index contributed by atoms with van der Waals surface area (Å²) in [7, 11) is 0. The molecule has 2 N–H and O–H groups in total. The van der Waals surface area contributed by atoms with E-state index in [0.29, 0.717) is 0 Å². The average molecular weight is 239 g/mol. The molecule has 1 fully saturated rings. The molecular formula is C11H17N3O3. The van der Waals surface area contributed by atoms with Gasteiger partial charge in [-0.25, -0.2) is 0 Å². The highest BCUT2D eigenvalue weighted by Gasteiger charge is 2.17. The Hall–Kier alpha value is -1.56. The first-order chi connectivity index (χ1) is 8.15. The fourth-order valence-electron chi connectivity index (χ4n) is 1.85. The number of aliphatic carboxylic acids is 1. The number of rotatable bonds is 5. The first-order valence-corrected chi connectivity index (χ1v) is 5.78. The normalized spacial score (nSPS) is 21.4. The van der Waals surface area contributed by atoms with Gasteiger partial charge in [-0.1, -0.05) is 0 Å². The van der Waals surface area contributed by atoms with E-state index >= 15 is 0 Å². The molecule has 0 bridgehead atoms. The fourth-order valence-corrected chi connectivity index (χ4v) is 1.85. The van der Waals surface area contributed by atoms with E-state index in [9.17, 15) is 4.79 Å². The number of anilines is 1. The van der Waals surface area contributed by atoms with Crippen molar-refractivity contribution >= 4 is 11.7 Å². The van der Waals surface area contributed by atoms with Crippen molar-refractivity contribution in [3.63, 3.8) is 0 Å². The van der Waals surface area contributed by atoms with Gasteiger partial charge in [0.1, 0.15) is 6.04 Å². The van der Waals surface area contributed by atoms with Gasteiger partial charge in [-0.3, -0.25) is 9.48 Å². The predicted molar refractivity (Wildman–Crippen MR) is 61.9 cm³/mol. The Bertz CT molecular complexity index is 385. The lowest BCUT2D eigenvalue weighted by molar-refractivity contribution is -0.137. The number of carboxylic acids is 1. The van der Waals surface area contributed by atoms with Crippen LogP contribution < -0.4 is 5.32 Å². The largest absolute Gasteiger partial charge is 0.480 e. The highest BCUT2D eigenvalue weighted by molar-refractivity contribution is 5.76. The van der Waals surface area contributed by atoms with E-state index < -0.39 is 12.0 Å². The molecule has 1 saturated heterocycles. The molecule has 2 unspecified atom stereocenters. The summed E-state index contributed by atoms with van der Waals surface area (Å²) in [6, 6.07) is -0.615. The Balaban J connectivity index is 1.88. The molecule has 2 atom stereocenters. The van der Waals surface area contributed by atoms with Crippen LogP contribution in [0.1, 0.15) is 19.8 Å². The molecule has 1 aliphatic rings. The Morgan fingerprint density at radius 2 is 2.65 bits per heavy atom. The Kier molecular flexibility index (Phi) is 3.63. The molecule has 0 amide bonds. The maximum Gasteiger partial charge on any atom is 0.325 e. The second-order valence-corrected chi connectivity index (χ2v) is 4.29. The quantitative estimate of drug-likeness (QED) is 0.800. The molecule has 6 heteroatoms. The van der Waals surface area contributed by atoms with E-state index in [1.807, 2.05) is 0 Å². The lowest BCUT2D eigenvalue weighted by Crippen LogP contribution is -2.25. The van der Waals surface area contributed by atoms with Crippen LogP contribution in [0.4, 0.5) is 5.69 Å². The fraction of sp³-hybridized carbons (Fsp3) is 0.636. The summed E-state index contributed by atoms with van der Waals surface area (Å²) < 4.78 is 7.29. The summed E-state index contributed by atoms with van der Waals surface area (Å²) in [6.45, 7) is 3.15. The Morgan fingerprint density at radius 3 is 3.29 bits per heavy atom. The summed E-state index contributed by atoms with van der Waals surface area (Å²) in [5.41, 5.74) is 0.720. The molecule has 1 aromatic rings. The molecule has 0 radical (unpaired) electrons. The minimum atomic E-state index is -0.878. The molecule has 2 rings (SSSR count). The number of nitrogens with zero attached hydrogens (tertiary/aromatic N) is 2. The van der Waals surface area contributed by atoms with Crippen LogP contribution in [0.3, 0.4) is 0 Å². The molecule has 0 aromatic carbocycles. The maximum absolute atomic E-state index is 10.7. The van der Waals surface area contributed by atoms with Crippen LogP contribution in [0.2, 0.25) is 0 Å². The third-order valence-electron chi connectivity index (χ3n) is 2.80. The van der Waals surface area contributed by atoms with Crippen LogP contribution in [0.15, 0.2) is 12.4 Å². The van der Waals surface area contributed by atoms with Crippen molar-refractivity contribution in [2.75, 3.05) is 11.9 Å². The van der Waals surface area contributed by atoms with Gasteiger partial charge in [-0.15, -0.1) is 0 Å². The highest BCUT2D eigenvalue weighted by Crippen LogP contribution is 2.15. The molecule has 0 aliphatic carbocycles. The van der Waals surface area contributed by atoms with Crippen molar-refractivity contribution in [1.82, 2.24) is 9.78 Å². The topological polar surface area (TPSA) is 76.4 Å². The van der Waals surface area contributed by atoms with E-state index in [-0.39, 0.29) is 6.10 Å². The minimum absolute atomic E-state index is 0.236. The number of carbonyl (C=O) groups is 1. The number of carboxylic acid groups (broad SMARTS) is 1.